The minimum Gasteiger partial charge on any atom is -0.396 e. The number of likely N-dealkylation sites (N-methyl/N-ethyl adjacent to an activating group) is 1. The summed E-state index contributed by atoms with van der Waals surface area (Å²) < 4.78 is 0. The summed E-state index contributed by atoms with van der Waals surface area (Å²) in [6.07, 6.45) is 0. The van der Waals surface area contributed by atoms with E-state index in [1.807, 2.05) is 6.92 Å². The lowest BCUT2D eigenvalue weighted by atomic mass is 9.75. The molecule has 0 aromatic rings. The number of aliphatic hydroxyl groups is 3. The minimum absolute atomic E-state index is 0.0587. The first kappa shape index (κ1) is 14.4. The Labute approximate surface area is 101 Å². The summed E-state index contributed by atoms with van der Waals surface area (Å²) in [6, 6.07) is -0.500. The molecule has 4 atom stereocenters. The van der Waals surface area contributed by atoms with E-state index in [1.54, 1.807) is 0 Å². The van der Waals surface area contributed by atoms with Gasteiger partial charge in [0.05, 0.1) is 6.04 Å². The Kier molecular flexibility index (Phi) is 5.84. The third kappa shape index (κ3) is 3.16. The molecule has 0 aromatic heterocycles. The molecule has 0 aliphatic carbocycles. The van der Waals surface area contributed by atoms with Crippen molar-refractivity contribution in [1.82, 2.24) is 10.6 Å². The van der Waals surface area contributed by atoms with Crippen LogP contribution in [0.15, 0.2) is 0 Å². The summed E-state index contributed by atoms with van der Waals surface area (Å²) in [4.78, 5) is 11.8. The Bertz CT molecular complexity index is 250. The predicted octanol–water partition coefficient (Wildman–Crippen LogP) is -2.08. The summed E-state index contributed by atoms with van der Waals surface area (Å²) >= 11 is 0. The third-order valence-corrected chi connectivity index (χ3v) is 3.47. The predicted molar refractivity (Wildman–Crippen MR) is 62.2 cm³/mol. The quantitative estimate of drug-likeness (QED) is 0.383. The number of hydrogen-bond acceptors (Lipinski definition) is 5. The fraction of sp³-hybridized carbons (Fsp3) is 0.909. The van der Waals surface area contributed by atoms with E-state index in [-0.39, 0.29) is 43.5 Å². The van der Waals surface area contributed by atoms with E-state index in [9.17, 15) is 20.1 Å². The van der Waals surface area contributed by atoms with E-state index in [0.29, 0.717) is 13.1 Å². The second kappa shape index (κ2) is 6.90. The van der Waals surface area contributed by atoms with Gasteiger partial charge in [0.2, 0.25) is 5.91 Å². The molecule has 5 N–H and O–H groups in total. The zero-order valence-electron chi connectivity index (χ0n) is 10.1. The van der Waals surface area contributed by atoms with Gasteiger partial charge in [0, 0.05) is 38.8 Å². The lowest BCUT2D eigenvalue weighted by Gasteiger charge is -2.41. The molecule has 1 heterocycles. The van der Waals surface area contributed by atoms with Crippen molar-refractivity contribution >= 4 is 5.91 Å². The van der Waals surface area contributed by atoms with Crippen molar-refractivity contribution in [3.05, 3.63) is 0 Å². The Morgan fingerprint density at radius 1 is 1.24 bits per heavy atom. The molecule has 0 bridgehead atoms. The van der Waals surface area contributed by atoms with Crippen LogP contribution in [0.1, 0.15) is 6.92 Å². The minimum atomic E-state index is -0.500. The molecule has 6 heteroatoms. The van der Waals surface area contributed by atoms with Crippen LogP contribution in [0.2, 0.25) is 0 Å². The number of amides is 1. The number of nitrogens with one attached hydrogen (secondary N) is 2. The first-order chi connectivity index (χ1) is 8.19. The van der Waals surface area contributed by atoms with Crippen LogP contribution in [0, 0.1) is 17.8 Å². The van der Waals surface area contributed by atoms with Crippen molar-refractivity contribution < 1.29 is 20.1 Å². The maximum atomic E-state index is 11.8. The molecule has 0 aromatic carbocycles. The molecule has 1 aliphatic heterocycles. The summed E-state index contributed by atoms with van der Waals surface area (Å²) in [5, 5.41) is 33.7. The van der Waals surface area contributed by atoms with Gasteiger partial charge in [-0.05, 0) is 18.8 Å². The van der Waals surface area contributed by atoms with Crippen LogP contribution in [0.4, 0.5) is 0 Å². The molecule has 1 aliphatic rings. The number of hydrogen-bond donors (Lipinski definition) is 5. The Balaban J connectivity index is 2.76. The van der Waals surface area contributed by atoms with Gasteiger partial charge in [-0.2, -0.15) is 0 Å². The molecule has 0 spiro atoms. The van der Waals surface area contributed by atoms with Crippen molar-refractivity contribution in [3.8, 4) is 0 Å². The van der Waals surface area contributed by atoms with Crippen LogP contribution >= 0.6 is 0 Å². The van der Waals surface area contributed by atoms with E-state index in [2.05, 4.69) is 10.6 Å². The standard InChI is InChI=1S/C11H22N2O4/c1-2-12-11(17)10-9(6-16)8(5-15)7(4-14)3-13-10/h7-10,13-16H,2-6H2,1H3,(H,12,17)/t7-,8+,9-,10+/m1/s1. The number of carbonyl (C=O) groups is 1. The summed E-state index contributed by atoms with van der Waals surface area (Å²) in [7, 11) is 0. The van der Waals surface area contributed by atoms with Crippen LogP contribution in [-0.2, 0) is 4.79 Å². The maximum absolute atomic E-state index is 11.8. The lowest BCUT2D eigenvalue weighted by Crippen LogP contribution is -2.59. The van der Waals surface area contributed by atoms with Crippen molar-refractivity contribution in [3.63, 3.8) is 0 Å². The normalized spacial score (nSPS) is 33.4. The van der Waals surface area contributed by atoms with Crippen molar-refractivity contribution in [2.75, 3.05) is 32.9 Å². The van der Waals surface area contributed by atoms with Gasteiger partial charge < -0.3 is 26.0 Å². The van der Waals surface area contributed by atoms with Crippen LogP contribution in [-0.4, -0.2) is 60.2 Å². The number of piperidine rings is 1. The molecule has 1 rings (SSSR count). The zero-order chi connectivity index (χ0) is 12.8. The van der Waals surface area contributed by atoms with Crippen molar-refractivity contribution in [2.45, 2.75) is 13.0 Å². The monoisotopic (exact) mass is 246 g/mol. The Morgan fingerprint density at radius 2 is 1.88 bits per heavy atom. The molecule has 0 radical (unpaired) electrons. The van der Waals surface area contributed by atoms with Gasteiger partial charge in [-0.25, -0.2) is 0 Å². The SMILES string of the molecule is CCNC(=O)[C@H]1NC[C@H](CO)[C@H](CO)[C@H]1CO. The van der Waals surface area contributed by atoms with Gasteiger partial charge in [0.15, 0.2) is 0 Å². The largest absolute Gasteiger partial charge is 0.396 e. The van der Waals surface area contributed by atoms with Crippen LogP contribution in [0.3, 0.4) is 0 Å². The third-order valence-electron chi connectivity index (χ3n) is 3.47. The number of carbonyl (C=O) groups excluding carboxylic acids is 1. The fourth-order valence-corrected chi connectivity index (χ4v) is 2.47. The average Bonchev–Trinajstić information content (AvgIpc) is 2.36. The van der Waals surface area contributed by atoms with Gasteiger partial charge in [-0.1, -0.05) is 0 Å². The molecule has 1 amide bonds. The van der Waals surface area contributed by atoms with Crippen LogP contribution < -0.4 is 10.6 Å². The lowest BCUT2D eigenvalue weighted by molar-refractivity contribution is -0.128. The molecule has 1 saturated heterocycles. The fourth-order valence-electron chi connectivity index (χ4n) is 2.47. The molecule has 1 fully saturated rings. The van der Waals surface area contributed by atoms with E-state index in [1.165, 1.54) is 0 Å². The van der Waals surface area contributed by atoms with Gasteiger partial charge in [-0.3, -0.25) is 4.79 Å². The van der Waals surface area contributed by atoms with E-state index < -0.39 is 6.04 Å². The van der Waals surface area contributed by atoms with Crippen LogP contribution in [0.5, 0.6) is 0 Å². The topological polar surface area (TPSA) is 102 Å². The van der Waals surface area contributed by atoms with Crippen LogP contribution in [0.25, 0.3) is 0 Å². The molecular weight excluding hydrogens is 224 g/mol. The molecule has 0 saturated carbocycles. The molecule has 6 nitrogen and oxygen atoms in total. The highest BCUT2D eigenvalue weighted by atomic mass is 16.3. The average molecular weight is 246 g/mol. The highest BCUT2D eigenvalue weighted by Gasteiger charge is 2.41. The Morgan fingerprint density at radius 3 is 2.35 bits per heavy atom. The number of aliphatic hydroxyl groups excluding tert-OH is 3. The first-order valence-electron chi connectivity index (χ1n) is 6.03. The van der Waals surface area contributed by atoms with E-state index in [0.717, 1.165) is 0 Å². The number of rotatable bonds is 5. The van der Waals surface area contributed by atoms with Gasteiger partial charge >= 0.3 is 0 Å². The summed E-state index contributed by atoms with van der Waals surface area (Å²) in [6.45, 7) is 2.46. The van der Waals surface area contributed by atoms with Crippen molar-refractivity contribution in [2.24, 2.45) is 17.8 Å². The van der Waals surface area contributed by atoms with Crippen molar-refractivity contribution in [1.29, 1.82) is 0 Å². The molecule has 0 unspecified atom stereocenters. The van der Waals surface area contributed by atoms with Gasteiger partial charge in [0.1, 0.15) is 0 Å². The first-order valence-corrected chi connectivity index (χ1v) is 6.03. The van der Waals surface area contributed by atoms with E-state index in [4.69, 9.17) is 0 Å². The highest BCUT2D eigenvalue weighted by Crippen LogP contribution is 2.27. The molecule has 100 valence electrons. The smallest absolute Gasteiger partial charge is 0.237 e. The second-order valence-corrected chi connectivity index (χ2v) is 4.42. The zero-order valence-corrected chi connectivity index (χ0v) is 10.1. The maximum Gasteiger partial charge on any atom is 0.237 e. The van der Waals surface area contributed by atoms with E-state index >= 15 is 0 Å². The Hall–Kier alpha value is -0.690. The molecule has 17 heavy (non-hydrogen) atoms. The van der Waals surface area contributed by atoms with Gasteiger partial charge in [-0.15, -0.1) is 0 Å². The second-order valence-electron chi connectivity index (χ2n) is 4.42. The summed E-state index contributed by atoms with van der Waals surface area (Å²) in [5.41, 5.74) is 0. The highest BCUT2D eigenvalue weighted by molar-refractivity contribution is 5.82. The molecular formula is C11H22N2O4. The van der Waals surface area contributed by atoms with Gasteiger partial charge in [0.25, 0.3) is 0 Å². The summed E-state index contributed by atoms with van der Waals surface area (Å²) in [5.74, 6) is -0.902.